The van der Waals surface area contributed by atoms with Crippen molar-refractivity contribution >= 4 is 11.8 Å². The van der Waals surface area contributed by atoms with E-state index in [0.29, 0.717) is 5.69 Å². The second-order valence-corrected chi connectivity index (χ2v) is 3.06. The number of aromatic nitrogens is 2. The molecule has 76 valence electrons. The summed E-state index contributed by atoms with van der Waals surface area (Å²) in [6.07, 6.45) is 3.28. The summed E-state index contributed by atoms with van der Waals surface area (Å²) in [5.41, 5.74) is 7.05. The first-order valence-electron chi connectivity index (χ1n) is 4.30. The summed E-state index contributed by atoms with van der Waals surface area (Å²) in [7, 11) is 0. The second kappa shape index (κ2) is 3.45. The zero-order chi connectivity index (χ0) is 10.8. The molecule has 0 saturated carbocycles. The molecule has 5 nitrogen and oxygen atoms in total. The third-order valence-electron chi connectivity index (χ3n) is 2.05. The van der Waals surface area contributed by atoms with E-state index < -0.39 is 5.97 Å². The van der Waals surface area contributed by atoms with Gasteiger partial charge in [0.1, 0.15) is 11.4 Å². The number of nitrogens with two attached hydrogens (primary N) is 1. The molecular weight excluding hydrogens is 194 g/mol. The number of H-pyrrole nitrogens is 1. The minimum Gasteiger partial charge on any atom is -0.478 e. The molecule has 2 rings (SSSR count). The van der Waals surface area contributed by atoms with Crippen LogP contribution in [0.1, 0.15) is 10.4 Å². The van der Waals surface area contributed by atoms with Gasteiger partial charge in [0.05, 0.1) is 0 Å². The van der Waals surface area contributed by atoms with Crippen molar-refractivity contribution in [2.24, 2.45) is 0 Å². The number of carboxylic acid groups (broad SMARTS) is 1. The van der Waals surface area contributed by atoms with Crippen molar-refractivity contribution < 1.29 is 9.90 Å². The van der Waals surface area contributed by atoms with Crippen molar-refractivity contribution in [1.82, 2.24) is 9.97 Å². The van der Waals surface area contributed by atoms with Crippen LogP contribution in [0.2, 0.25) is 0 Å². The summed E-state index contributed by atoms with van der Waals surface area (Å²) < 4.78 is 0. The van der Waals surface area contributed by atoms with Crippen LogP contribution in [0, 0.1) is 0 Å². The van der Waals surface area contributed by atoms with E-state index in [4.69, 9.17) is 10.8 Å². The first-order valence-corrected chi connectivity index (χ1v) is 4.30. The number of anilines is 1. The SMILES string of the molecule is Nc1[nH]c(-c2cccnc2)cc1C(=O)O. The molecule has 0 radical (unpaired) electrons. The number of carbonyl (C=O) groups is 1. The largest absolute Gasteiger partial charge is 0.478 e. The lowest BCUT2D eigenvalue weighted by Crippen LogP contribution is -1.98. The summed E-state index contributed by atoms with van der Waals surface area (Å²) in [4.78, 5) is 17.5. The summed E-state index contributed by atoms with van der Waals surface area (Å²) in [5.74, 6) is -0.889. The predicted molar refractivity (Wildman–Crippen MR) is 55.4 cm³/mol. The fourth-order valence-electron chi connectivity index (χ4n) is 1.33. The van der Waals surface area contributed by atoms with Crippen LogP contribution in [0.4, 0.5) is 5.82 Å². The number of aromatic amines is 1. The Morgan fingerprint density at radius 3 is 2.87 bits per heavy atom. The summed E-state index contributed by atoms with van der Waals surface area (Å²) >= 11 is 0. The Balaban J connectivity index is 2.48. The lowest BCUT2D eigenvalue weighted by Gasteiger charge is -1.94. The molecule has 0 aliphatic rings. The lowest BCUT2D eigenvalue weighted by atomic mass is 10.2. The van der Waals surface area contributed by atoms with Crippen LogP contribution in [0.25, 0.3) is 11.3 Å². The number of hydrogen-bond donors (Lipinski definition) is 3. The van der Waals surface area contributed by atoms with E-state index in [1.54, 1.807) is 18.5 Å². The van der Waals surface area contributed by atoms with Gasteiger partial charge in [-0.3, -0.25) is 4.98 Å². The topological polar surface area (TPSA) is 92.0 Å². The second-order valence-electron chi connectivity index (χ2n) is 3.06. The number of rotatable bonds is 2. The average molecular weight is 203 g/mol. The fraction of sp³-hybridized carbons (Fsp3) is 0. The molecule has 0 aliphatic heterocycles. The van der Waals surface area contributed by atoms with Gasteiger partial charge < -0.3 is 15.8 Å². The van der Waals surface area contributed by atoms with Gasteiger partial charge in [-0.25, -0.2) is 4.79 Å². The standard InChI is InChI=1S/C10H9N3O2/c11-9-7(10(14)15)4-8(13-9)6-2-1-3-12-5-6/h1-5,13H,11H2,(H,14,15). The highest BCUT2D eigenvalue weighted by Gasteiger charge is 2.12. The molecule has 2 aromatic rings. The van der Waals surface area contributed by atoms with E-state index in [1.165, 1.54) is 6.07 Å². The maximum absolute atomic E-state index is 10.8. The average Bonchev–Trinajstić information content (AvgIpc) is 2.62. The Labute approximate surface area is 85.6 Å². The minimum absolute atomic E-state index is 0.0776. The molecule has 0 unspecified atom stereocenters. The summed E-state index contributed by atoms with van der Waals surface area (Å²) in [6.45, 7) is 0. The molecule has 0 amide bonds. The lowest BCUT2D eigenvalue weighted by molar-refractivity contribution is 0.0698. The van der Waals surface area contributed by atoms with Gasteiger partial charge in [0, 0.05) is 23.7 Å². The van der Waals surface area contributed by atoms with Crippen LogP contribution in [-0.2, 0) is 0 Å². The Hall–Kier alpha value is -2.30. The van der Waals surface area contributed by atoms with Crippen molar-refractivity contribution in [3.05, 3.63) is 36.2 Å². The van der Waals surface area contributed by atoms with Crippen molar-refractivity contribution in [2.45, 2.75) is 0 Å². The molecule has 4 N–H and O–H groups in total. The molecule has 0 aromatic carbocycles. The first kappa shape index (κ1) is 9.26. The normalized spacial score (nSPS) is 10.1. The quantitative estimate of drug-likeness (QED) is 0.687. The predicted octanol–water partition coefficient (Wildman–Crippen LogP) is 1.36. The van der Waals surface area contributed by atoms with Crippen LogP contribution in [0.15, 0.2) is 30.6 Å². The van der Waals surface area contributed by atoms with Crippen molar-refractivity contribution in [3.63, 3.8) is 0 Å². The van der Waals surface area contributed by atoms with Crippen LogP contribution >= 0.6 is 0 Å². The maximum atomic E-state index is 10.8. The Bertz CT molecular complexity index is 491. The number of aromatic carboxylic acids is 1. The number of nitrogens with one attached hydrogen (secondary N) is 1. The number of carboxylic acids is 1. The Morgan fingerprint density at radius 1 is 1.53 bits per heavy atom. The number of nitrogens with zero attached hydrogens (tertiary/aromatic N) is 1. The monoisotopic (exact) mass is 203 g/mol. The van der Waals surface area contributed by atoms with Gasteiger partial charge in [-0.15, -0.1) is 0 Å². The number of hydrogen-bond acceptors (Lipinski definition) is 3. The zero-order valence-electron chi connectivity index (χ0n) is 7.77. The van der Waals surface area contributed by atoms with E-state index in [0.717, 1.165) is 5.56 Å². The molecule has 0 fully saturated rings. The highest BCUT2D eigenvalue weighted by Crippen LogP contribution is 2.22. The van der Waals surface area contributed by atoms with Crippen molar-refractivity contribution in [1.29, 1.82) is 0 Å². The summed E-state index contributed by atoms with van der Waals surface area (Å²) in [6, 6.07) is 5.09. The minimum atomic E-state index is -1.04. The van der Waals surface area contributed by atoms with E-state index >= 15 is 0 Å². The molecule has 0 saturated heterocycles. The van der Waals surface area contributed by atoms with Gasteiger partial charge in [0.15, 0.2) is 0 Å². The molecule has 15 heavy (non-hydrogen) atoms. The van der Waals surface area contributed by atoms with Crippen molar-refractivity contribution in [2.75, 3.05) is 5.73 Å². The van der Waals surface area contributed by atoms with Gasteiger partial charge in [-0.2, -0.15) is 0 Å². The first-order chi connectivity index (χ1) is 7.18. The molecule has 2 heterocycles. The van der Waals surface area contributed by atoms with Crippen LogP contribution in [0.3, 0.4) is 0 Å². The molecular formula is C10H9N3O2. The smallest absolute Gasteiger partial charge is 0.339 e. The highest BCUT2D eigenvalue weighted by molar-refractivity contribution is 5.94. The van der Waals surface area contributed by atoms with E-state index in [1.807, 2.05) is 6.07 Å². The highest BCUT2D eigenvalue weighted by atomic mass is 16.4. The van der Waals surface area contributed by atoms with Crippen molar-refractivity contribution in [3.8, 4) is 11.3 Å². The zero-order valence-corrected chi connectivity index (χ0v) is 7.77. The van der Waals surface area contributed by atoms with Crippen LogP contribution in [-0.4, -0.2) is 21.0 Å². The van der Waals surface area contributed by atoms with Gasteiger partial charge in [0.2, 0.25) is 0 Å². The molecule has 0 atom stereocenters. The number of nitrogen functional groups attached to an aromatic ring is 1. The van der Waals surface area contributed by atoms with Gasteiger partial charge >= 0.3 is 5.97 Å². The molecule has 0 aliphatic carbocycles. The van der Waals surface area contributed by atoms with E-state index in [-0.39, 0.29) is 11.4 Å². The van der Waals surface area contributed by atoms with Crippen LogP contribution in [0.5, 0.6) is 0 Å². The third-order valence-corrected chi connectivity index (χ3v) is 2.05. The Kier molecular flexibility index (Phi) is 2.13. The maximum Gasteiger partial charge on any atom is 0.339 e. The molecule has 0 bridgehead atoms. The Morgan fingerprint density at radius 2 is 2.33 bits per heavy atom. The third kappa shape index (κ3) is 1.67. The van der Waals surface area contributed by atoms with E-state index in [9.17, 15) is 4.79 Å². The van der Waals surface area contributed by atoms with Gasteiger partial charge in [-0.1, -0.05) is 0 Å². The fourth-order valence-corrected chi connectivity index (χ4v) is 1.33. The molecule has 2 aromatic heterocycles. The van der Waals surface area contributed by atoms with Crippen LogP contribution < -0.4 is 5.73 Å². The van der Waals surface area contributed by atoms with Gasteiger partial charge in [0.25, 0.3) is 0 Å². The number of pyridine rings is 1. The molecule has 0 spiro atoms. The van der Waals surface area contributed by atoms with Gasteiger partial charge in [-0.05, 0) is 18.2 Å². The molecule has 5 heteroatoms. The summed E-state index contributed by atoms with van der Waals surface area (Å²) in [5, 5.41) is 8.81. The van der Waals surface area contributed by atoms with E-state index in [2.05, 4.69) is 9.97 Å².